The van der Waals surface area contributed by atoms with E-state index in [1.165, 1.54) is 20.4 Å². The lowest BCUT2D eigenvalue weighted by Gasteiger charge is -2.27. The molecule has 45 heavy (non-hydrogen) atoms. The molecule has 5 rings (SSSR count). The predicted molar refractivity (Wildman–Crippen MR) is 166 cm³/mol. The number of amides is 2. The lowest BCUT2D eigenvalue weighted by Crippen LogP contribution is -2.43. The van der Waals surface area contributed by atoms with Crippen LogP contribution in [0.3, 0.4) is 0 Å². The Hall–Kier alpha value is -5.23. The van der Waals surface area contributed by atoms with Crippen LogP contribution >= 0.6 is 0 Å². The Morgan fingerprint density at radius 2 is 1.58 bits per heavy atom. The number of rotatable bonds is 12. The summed E-state index contributed by atoms with van der Waals surface area (Å²) in [7, 11) is 2.96. The van der Waals surface area contributed by atoms with E-state index in [1.54, 1.807) is 29.2 Å². The van der Waals surface area contributed by atoms with Gasteiger partial charge in [-0.1, -0.05) is 0 Å². The number of nitrogens with one attached hydrogen (secondary N) is 1. The van der Waals surface area contributed by atoms with E-state index >= 15 is 0 Å². The molecule has 0 atom stereocenters. The number of nitrogens with zero attached hydrogens (tertiary/aromatic N) is 3. The average Bonchev–Trinajstić information content (AvgIpc) is 3.68. The first-order valence-corrected chi connectivity index (χ1v) is 14.4. The van der Waals surface area contributed by atoms with Crippen molar-refractivity contribution < 1.29 is 37.7 Å². The molecule has 0 saturated carbocycles. The summed E-state index contributed by atoms with van der Waals surface area (Å²) < 4.78 is 35.7. The first-order chi connectivity index (χ1) is 21.9. The summed E-state index contributed by atoms with van der Waals surface area (Å²) in [6.45, 7) is 6.16. The van der Waals surface area contributed by atoms with E-state index in [4.69, 9.17) is 28.1 Å². The summed E-state index contributed by atoms with van der Waals surface area (Å²) in [6.07, 6.45) is 1.43. The molecule has 2 aromatic heterocycles. The van der Waals surface area contributed by atoms with Crippen molar-refractivity contribution in [2.45, 2.75) is 20.5 Å². The number of aromatic nitrogens is 1. The van der Waals surface area contributed by atoms with Crippen molar-refractivity contribution in [2.75, 3.05) is 47.1 Å². The van der Waals surface area contributed by atoms with Gasteiger partial charge in [-0.3, -0.25) is 9.59 Å². The molecule has 0 aliphatic carbocycles. The Morgan fingerprint density at radius 1 is 0.911 bits per heavy atom. The molecule has 1 saturated heterocycles. The quantitative estimate of drug-likeness (QED) is 0.185. The first-order valence-electron chi connectivity index (χ1n) is 14.4. The molecule has 2 aromatic carbocycles. The summed E-state index contributed by atoms with van der Waals surface area (Å²) in [5.74, 6) is 1.55. The van der Waals surface area contributed by atoms with E-state index in [-0.39, 0.29) is 30.6 Å². The van der Waals surface area contributed by atoms with Crippen LogP contribution in [0.5, 0.6) is 23.0 Å². The molecule has 3 heterocycles. The zero-order valence-electron chi connectivity index (χ0n) is 25.7. The Morgan fingerprint density at radius 3 is 2.22 bits per heavy atom. The maximum atomic E-state index is 12.6. The molecule has 1 aliphatic rings. The molecule has 0 unspecified atom stereocenters. The first kappa shape index (κ1) is 31.2. The fourth-order valence-corrected chi connectivity index (χ4v) is 4.87. The van der Waals surface area contributed by atoms with E-state index in [0.717, 1.165) is 17.1 Å². The van der Waals surface area contributed by atoms with Crippen molar-refractivity contribution in [3.05, 3.63) is 89.1 Å². The van der Waals surface area contributed by atoms with Crippen molar-refractivity contribution in [1.29, 1.82) is 0 Å². The highest BCUT2D eigenvalue weighted by atomic mass is 16.5. The summed E-state index contributed by atoms with van der Waals surface area (Å²) in [5, 5.41) is 4.04. The van der Waals surface area contributed by atoms with Crippen molar-refractivity contribution in [1.82, 2.24) is 14.9 Å². The van der Waals surface area contributed by atoms with Crippen molar-refractivity contribution in [2.24, 2.45) is 5.10 Å². The largest absolute Gasteiger partial charge is 0.493 e. The van der Waals surface area contributed by atoms with Gasteiger partial charge >= 0.3 is 5.91 Å². The third-order valence-electron chi connectivity index (χ3n) is 7.20. The third kappa shape index (κ3) is 7.65. The Labute approximate surface area is 261 Å². The lowest BCUT2D eigenvalue weighted by molar-refractivity contribution is -0.137. The van der Waals surface area contributed by atoms with E-state index in [0.29, 0.717) is 54.9 Å². The highest BCUT2D eigenvalue weighted by Crippen LogP contribution is 2.38. The minimum Gasteiger partial charge on any atom is -0.493 e. The second-order valence-electron chi connectivity index (χ2n) is 10.2. The van der Waals surface area contributed by atoms with Crippen molar-refractivity contribution >= 4 is 18.0 Å². The van der Waals surface area contributed by atoms with Crippen LogP contribution in [0.4, 0.5) is 0 Å². The van der Waals surface area contributed by atoms with Crippen LogP contribution in [0.25, 0.3) is 5.69 Å². The highest BCUT2D eigenvalue weighted by Gasteiger charge is 2.20. The standard InChI is InChI=1S/C33H36N4O8/c1-22-5-6-23(2)37(22)25-7-9-26(10-8-25)43-20-27-11-12-28(45-27)33(39)35-34-19-24-17-29(40-3)32(30(18-24)41-4)44-21-31(38)36-13-15-42-16-14-36/h5-12,17-19H,13-16,20-21H2,1-4H3,(H,35,39)/b34-19+. The van der Waals surface area contributed by atoms with Crippen LogP contribution in [0.2, 0.25) is 0 Å². The van der Waals surface area contributed by atoms with Crippen molar-refractivity contribution in [3.8, 4) is 28.7 Å². The Kier molecular flexibility index (Phi) is 10.1. The van der Waals surface area contributed by atoms with Gasteiger partial charge in [0.1, 0.15) is 18.1 Å². The maximum Gasteiger partial charge on any atom is 0.307 e. The number of hydrogen-bond acceptors (Lipinski definition) is 9. The van der Waals surface area contributed by atoms with Gasteiger partial charge in [-0.25, -0.2) is 5.43 Å². The van der Waals surface area contributed by atoms with Gasteiger partial charge in [0.2, 0.25) is 5.75 Å². The van der Waals surface area contributed by atoms with E-state index in [2.05, 4.69) is 41.1 Å². The third-order valence-corrected chi connectivity index (χ3v) is 7.20. The summed E-state index contributed by atoms with van der Waals surface area (Å²) in [4.78, 5) is 26.8. The van der Waals surface area contributed by atoms with E-state index in [9.17, 15) is 9.59 Å². The van der Waals surface area contributed by atoms with Gasteiger partial charge in [-0.15, -0.1) is 0 Å². The molecule has 0 radical (unpaired) electrons. The number of hydrogen-bond donors (Lipinski definition) is 1. The van der Waals surface area contributed by atoms with Crippen LogP contribution in [0.1, 0.15) is 33.3 Å². The number of carbonyl (C=O) groups excluding carboxylic acids is 2. The molecular formula is C33H36N4O8. The zero-order valence-corrected chi connectivity index (χ0v) is 25.7. The highest BCUT2D eigenvalue weighted by molar-refractivity contribution is 5.92. The number of carbonyl (C=O) groups is 2. The number of furan rings is 1. The lowest BCUT2D eigenvalue weighted by atomic mass is 10.2. The summed E-state index contributed by atoms with van der Waals surface area (Å²) >= 11 is 0. The number of aryl methyl sites for hydroxylation is 2. The van der Waals surface area contributed by atoms with Crippen LogP contribution in [-0.2, 0) is 16.1 Å². The van der Waals surface area contributed by atoms with Gasteiger partial charge in [0.25, 0.3) is 5.91 Å². The van der Waals surface area contributed by atoms with Crippen LogP contribution in [0.15, 0.2) is 70.2 Å². The molecule has 4 aromatic rings. The Balaban J connectivity index is 1.14. The second kappa shape index (κ2) is 14.5. The molecule has 1 N–H and O–H groups in total. The second-order valence-corrected chi connectivity index (χ2v) is 10.2. The molecule has 12 heteroatoms. The minimum atomic E-state index is -0.528. The molecule has 0 bridgehead atoms. The fourth-order valence-electron chi connectivity index (χ4n) is 4.87. The van der Waals surface area contributed by atoms with E-state index < -0.39 is 5.91 Å². The summed E-state index contributed by atoms with van der Waals surface area (Å²) in [5.41, 5.74) is 6.38. The number of methoxy groups -OCH3 is 2. The number of hydrazone groups is 1. The van der Waals surface area contributed by atoms with Gasteiger partial charge in [0.15, 0.2) is 23.9 Å². The van der Waals surface area contributed by atoms with Gasteiger partial charge in [-0.2, -0.15) is 5.10 Å². The van der Waals surface area contributed by atoms with Gasteiger partial charge in [0, 0.05) is 35.7 Å². The SMILES string of the molecule is COc1cc(/C=N/NC(=O)c2ccc(COc3ccc(-n4c(C)ccc4C)cc3)o2)cc(OC)c1OCC(=O)N1CCOCC1. The van der Waals surface area contributed by atoms with Gasteiger partial charge in [0.05, 0.1) is 33.6 Å². The maximum absolute atomic E-state index is 12.6. The predicted octanol–water partition coefficient (Wildman–Crippen LogP) is 4.28. The minimum absolute atomic E-state index is 0.0866. The van der Waals surface area contributed by atoms with Crippen LogP contribution in [0, 0.1) is 13.8 Å². The topological polar surface area (TPSA) is 126 Å². The molecule has 1 aliphatic heterocycles. The smallest absolute Gasteiger partial charge is 0.307 e. The monoisotopic (exact) mass is 616 g/mol. The van der Waals surface area contributed by atoms with Gasteiger partial charge in [-0.05, 0) is 74.5 Å². The summed E-state index contributed by atoms with van der Waals surface area (Å²) in [6, 6.07) is 18.5. The molecule has 12 nitrogen and oxygen atoms in total. The van der Waals surface area contributed by atoms with Crippen LogP contribution < -0.4 is 24.4 Å². The van der Waals surface area contributed by atoms with Gasteiger partial charge < -0.3 is 37.6 Å². The molecular weight excluding hydrogens is 580 g/mol. The zero-order chi connectivity index (χ0) is 31.8. The molecule has 1 fully saturated rings. The molecule has 236 valence electrons. The number of morpholine rings is 1. The fraction of sp³-hybridized carbons (Fsp3) is 0.303. The molecule has 0 spiro atoms. The number of benzene rings is 2. The van der Waals surface area contributed by atoms with Crippen LogP contribution in [-0.4, -0.2) is 74.6 Å². The van der Waals surface area contributed by atoms with Crippen molar-refractivity contribution in [3.63, 3.8) is 0 Å². The Bertz CT molecular complexity index is 1610. The molecule has 2 amide bonds. The normalized spacial score (nSPS) is 13.1. The number of ether oxygens (including phenoxy) is 5. The van der Waals surface area contributed by atoms with E-state index in [1.807, 2.05) is 24.3 Å². The average molecular weight is 617 g/mol.